The lowest BCUT2D eigenvalue weighted by molar-refractivity contribution is 0.0691. The minimum absolute atomic E-state index is 0.00296. The van der Waals surface area contributed by atoms with Crippen LogP contribution >= 0.6 is 11.3 Å². The van der Waals surface area contributed by atoms with Crippen LogP contribution in [0.3, 0.4) is 0 Å². The van der Waals surface area contributed by atoms with Gasteiger partial charge >= 0.3 is 5.97 Å². The fourth-order valence-corrected chi connectivity index (χ4v) is 3.73. The molecule has 0 unspecified atom stereocenters. The van der Waals surface area contributed by atoms with Crippen molar-refractivity contribution in [3.63, 3.8) is 0 Å². The molecule has 2 heterocycles. The zero-order valence-corrected chi connectivity index (χ0v) is 16.6. The van der Waals surface area contributed by atoms with Gasteiger partial charge in [0, 0.05) is 16.5 Å². The van der Waals surface area contributed by atoms with Gasteiger partial charge in [0.1, 0.15) is 11.4 Å². The fourth-order valence-electron chi connectivity index (χ4n) is 2.98. The van der Waals surface area contributed by atoms with Crippen molar-refractivity contribution in [3.05, 3.63) is 71.7 Å². The summed E-state index contributed by atoms with van der Waals surface area (Å²) >= 11 is 1.23. The molecule has 0 aliphatic carbocycles. The van der Waals surface area contributed by atoms with Gasteiger partial charge in [-0.05, 0) is 6.42 Å². The summed E-state index contributed by atoms with van der Waals surface area (Å²) in [5.74, 6) is -0.400. The van der Waals surface area contributed by atoms with Crippen LogP contribution in [0.4, 0.5) is 0 Å². The van der Waals surface area contributed by atoms with E-state index in [1.54, 1.807) is 4.68 Å². The van der Waals surface area contributed by atoms with Crippen molar-refractivity contribution in [1.82, 2.24) is 14.8 Å². The molecule has 0 amide bonds. The van der Waals surface area contributed by atoms with Gasteiger partial charge in [-0.1, -0.05) is 67.6 Å². The van der Waals surface area contributed by atoms with Crippen LogP contribution in [0.5, 0.6) is 5.75 Å². The van der Waals surface area contributed by atoms with Crippen molar-refractivity contribution in [3.8, 4) is 33.4 Å². The quantitative estimate of drug-likeness (QED) is 0.460. The zero-order valence-electron chi connectivity index (χ0n) is 15.8. The third-order valence-electron chi connectivity index (χ3n) is 4.28. The molecule has 2 aromatic heterocycles. The highest BCUT2D eigenvalue weighted by molar-refractivity contribution is 7.12. The Labute approximate surface area is 172 Å². The monoisotopic (exact) mass is 405 g/mol. The highest BCUT2D eigenvalue weighted by Gasteiger charge is 2.25. The summed E-state index contributed by atoms with van der Waals surface area (Å²) in [5.41, 5.74) is 3.29. The Morgan fingerprint density at radius 1 is 1.07 bits per heavy atom. The van der Waals surface area contributed by atoms with E-state index in [1.165, 1.54) is 16.7 Å². The topological polar surface area (TPSA) is 77.2 Å². The summed E-state index contributed by atoms with van der Waals surface area (Å²) in [5, 5.41) is 16.1. The Kier molecular flexibility index (Phi) is 5.39. The second-order valence-corrected chi connectivity index (χ2v) is 7.18. The van der Waals surface area contributed by atoms with Crippen LogP contribution in [-0.2, 0) is 0 Å². The first kappa shape index (κ1) is 18.9. The van der Waals surface area contributed by atoms with E-state index in [2.05, 4.69) is 11.9 Å². The average molecular weight is 405 g/mol. The highest BCUT2D eigenvalue weighted by Crippen LogP contribution is 2.41. The van der Waals surface area contributed by atoms with Crippen LogP contribution in [0.2, 0.25) is 0 Å². The maximum absolute atomic E-state index is 11.3. The lowest BCUT2D eigenvalue weighted by atomic mass is 10.1. The van der Waals surface area contributed by atoms with Crippen LogP contribution in [0, 0.1) is 0 Å². The molecule has 0 spiro atoms. The van der Waals surface area contributed by atoms with Crippen molar-refractivity contribution in [1.29, 1.82) is 0 Å². The molecule has 0 radical (unpaired) electrons. The van der Waals surface area contributed by atoms with E-state index in [0.717, 1.165) is 23.2 Å². The number of rotatable bonds is 7. The van der Waals surface area contributed by atoms with Gasteiger partial charge in [-0.25, -0.2) is 14.5 Å². The van der Waals surface area contributed by atoms with Crippen LogP contribution < -0.4 is 4.74 Å². The normalized spacial score (nSPS) is 10.8. The second-order valence-electron chi connectivity index (χ2n) is 6.34. The van der Waals surface area contributed by atoms with Crippen molar-refractivity contribution >= 4 is 17.3 Å². The Morgan fingerprint density at radius 3 is 2.31 bits per heavy atom. The van der Waals surface area contributed by atoms with Gasteiger partial charge < -0.3 is 9.84 Å². The molecule has 0 bridgehead atoms. The largest absolute Gasteiger partial charge is 0.489 e. The van der Waals surface area contributed by atoms with Crippen LogP contribution in [0.1, 0.15) is 23.8 Å². The van der Waals surface area contributed by atoms with Gasteiger partial charge in [-0.3, -0.25) is 0 Å². The number of hydrogen-bond acceptors (Lipinski definition) is 5. The fraction of sp³-hybridized carbons (Fsp3) is 0.136. The number of benzene rings is 2. The first-order valence-corrected chi connectivity index (χ1v) is 10.1. The molecule has 0 fully saturated rings. The van der Waals surface area contributed by atoms with E-state index in [9.17, 15) is 9.90 Å². The van der Waals surface area contributed by atoms with Gasteiger partial charge in [0.2, 0.25) is 5.13 Å². The molecule has 4 aromatic rings. The van der Waals surface area contributed by atoms with Gasteiger partial charge in [-0.2, -0.15) is 5.10 Å². The summed E-state index contributed by atoms with van der Waals surface area (Å²) in [6.07, 6.45) is 0.855. The predicted octanol–water partition coefficient (Wildman–Crippen LogP) is 5.15. The summed E-state index contributed by atoms with van der Waals surface area (Å²) < 4.78 is 7.84. The number of carboxylic acids is 1. The van der Waals surface area contributed by atoms with E-state index >= 15 is 0 Å². The third kappa shape index (κ3) is 3.77. The summed E-state index contributed by atoms with van der Waals surface area (Å²) in [6.45, 7) is 2.60. The number of carbonyl (C=O) groups is 1. The molecule has 4 rings (SSSR count). The standard InChI is InChI=1S/C22H19N3O3S/c1-2-13-28-20-18(15-9-5-3-6-10-15)24-25(19(20)16-11-7-4-8-12-16)22-23-17(14-29-22)21(26)27/h3-12,14H,2,13H2,1H3,(H,26,27). The molecule has 7 heteroatoms. The van der Waals surface area contributed by atoms with Crippen molar-refractivity contribution < 1.29 is 14.6 Å². The predicted molar refractivity (Wildman–Crippen MR) is 113 cm³/mol. The van der Waals surface area contributed by atoms with Crippen molar-refractivity contribution in [2.24, 2.45) is 0 Å². The number of aromatic carboxylic acids is 1. The number of carboxylic acid groups (broad SMARTS) is 1. The van der Waals surface area contributed by atoms with E-state index in [4.69, 9.17) is 9.84 Å². The lowest BCUT2D eigenvalue weighted by Gasteiger charge is -2.10. The number of thiazole rings is 1. The van der Waals surface area contributed by atoms with Crippen LogP contribution in [0.15, 0.2) is 66.0 Å². The zero-order chi connectivity index (χ0) is 20.2. The third-order valence-corrected chi connectivity index (χ3v) is 5.10. The van der Waals surface area contributed by atoms with E-state index in [0.29, 0.717) is 23.2 Å². The highest BCUT2D eigenvalue weighted by atomic mass is 32.1. The molecule has 0 saturated carbocycles. The minimum Gasteiger partial charge on any atom is -0.489 e. The molecule has 29 heavy (non-hydrogen) atoms. The van der Waals surface area contributed by atoms with Crippen molar-refractivity contribution in [2.75, 3.05) is 6.61 Å². The summed E-state index contributed by atoms with van der Waals surface area (Å²) in [4.78, 5) is 15.6. The molecule has 2 aromatic carbocycles. The van der Waals surface area contributed by atoms with Gasteiger partial charge in [0.15, 0.2) is 11.4 Å². The summed E-state index contributed by atoms with van der Waals surface area (Å²) in [6, 6.07) is 19.6. The second kappa shape index (κ2) is 8.28. The molecule has 6 nitrogen and oxygen atoms in total. The Bertz CT molecular complexity index is 1120. The minimum atomic E-state index is -1.06. The SMILES string of the molecule is CCCOc1c(-c2ccccc2)nn(-c2nc(C(=O)O)cs2)c1-c1ccccc1. The first-order chi connectivity index (χ1) is 14.2. The lowest BCUT2D eigenvalue weighted by Crippen LogP contribution is -2.02. The number of ether oxygens (including phenoxy) is 1. The molecule has 0 saturated heterocycles. The van der Waals surface area contributed by atoms with Crippen molar-refractivity contribution in [2.45, 2.75) is 13.3 Å². The molecule has 1 N–H and O–H groups in total. The number of hydrogen-bond donors (Lipinski definition) is 1. The number of aromatic nitrogens is 3. The average Bonchev–Trinajstić information content (AvgIpc) is 3.38. The van der Waals surface area contributed by atoms with Crippen LogP contribution in [-0.4, -0.2) is 32.4 Å². The van der Waals surface area contributed by atoms with Gasteiger partial charge in [0.25, 0.3) is 0 Å². The first-order valence-electron chi connectivity index (χ1n) is 9.25. The maximum atomic E-state index is 11.3. The maximum Gasteiger partial charge on any atom is 0.355 e. The van der Waals surface area contributed by atoms with Gasteiger partial charge in [0.05, 0.1) is 6.61 Å². The molecule has 0 atom stereocenters. The Balaban J connectivity index is 1.98. The molecule has 0 aliphatic rings. The summed E-state index contributed by atoms with van der Waals surface area (Å²) in [7, 11) is 0. The Hall–Kier alpha value is -3.45. The number of nitrogens with zero attached hydrogens (tertiary/aromatic N) is 3. The Morgan fingerprint density at radius 2 is 1.72 bits per heavy atom. The van der Waals surface area contributed by atoms with E-state index in [1.807, 2.05) is 60.7 Å². The molecule has 0 aliphatic heterocycles. The van der Waals surface area contributed by atoms with E-state index in [-0.39, 0.29) is 5.69 Å². The van der Waals surface area contributed by atoms with E-state index < -0.39 is 5.97 Å². The van der Waals surface area contributed by atoms with Crippen LogP contribution in [0.25, 0.3) is 27.6 Å². The molecule has 146 valence electrons. The smallest absolute Gasteiger partial charge is 0.355 e. The van der Waals surface area contributed by atoms with Gasteiger partial charge in [-0.15, -0.1) is 11.3 Å². The molecular weight excluding hydrogens is 386 g/mol. The molecular formula is C22H19N3O3S.